The van der Waals surface area contributed by atoms with Crippen LogP contribution >= 0.6 is 181 Å². The van der Waals surface area contributed by atoms with Crippen molar-refractivity contribution >= 4 is 181 Å². The van der Waals surface area contributed by atoms with Crippen LogP contribution in [-0.2, 0) is 0 Å². The Bertz CT molecular complexity index is 8.92. The quantitative estimate of drug-likeness (QED) is 0.288. The van der Waals surface area contributed by atoms with E-state index in [1.54, 1.807) is 0 Å². The van der Waals surface area contributed by atoms with E-state index in [4.69, 9.17) is 0 Å². The molecule has 0 radical (unpaired) electrons. The molecule has 0 unspecified atom stereocenters. The second-order valence-corrected chi connectivity index (χ2v) is 0. The molecular weight excluding hydrogens is 907 g/mol. The van der Waals surface area contributed by atoms with E-state index in [2.05, 4.69) is 0 Å². The van der Waals surface area contributed by atoms with Crippen LogP contribution in [0.25, 0.3) is 0 Å². The van der Waals surface area contributed by atoms with Gasteiger partial charge in [-0.1, -0.05) is 0 Å². The van der Waals surface area contributed by atoms with Crippen molar-refractivity contribution in [2.45, 2.75) is 0 Å². The van der Waals surface area contributed by atoms with E-state index in [0.717, 1.165) is 0 Å². The summed E-state index contributed by atoms with van der Waals surface area (Å²) in [4.78, 5) is 0. The van der Waals surface area contributed by atoms with Crippen LogP contribution in [0, 0.1) is 0 Å². The molecular formula is H9Br5I4. The lowest BCUT2D eigenvalue weighted by atomic mass is 79.9. The Kier molecular flexibility index (Phi) is 713. The third-order valence-corrected chi connectivity index (χ3v) is 0. The molecule has 0 nitrogen and oxygen atoms in total. The molecule has 0 aromatic heterocycles. The van der Waals surface area contributed by atoms with E-state index in [-0.39, 0.29) is 181 Å². The summed E-state index contributed by atoms with van der Waals surface area (Å²) in [6, 6.07) is 0. The zero-order valence-corrected chi connectivity index (χ0v) is 21.6. The van der Waals surface area contributed by atoms with Gasteiger partial charge in [0, 0.05) is 0 Å². The van der Waals surface area contributed by atoms with Crippen LogP contribution in [0.3, 0.4) is 0 Å². The molecule has 72 valence electrons. The highest BCUT2D eigenvalue weighted by Crippen LogP contribution is 0.889. The van der Waals surface area contributed by atoms with Gasteiger partial charge in [0.05, 0.1) is 0 Å². The Morgan fingerprint density at radius 2 is 0.222 bits per heavy atom. The van der Waals surface area contributed by atoms with Gasteiger partial charge in [-0.15, -0.1) is 181 Å². The standard InChI is InChI=1S/5BrH.4HI/h9*1H. The first kappa shape index (κ1) is 89.8. The van der Waals surface area contributed by atoms with Crippen LogP contribution in [0.2, 0.25) is 0 Å². The third-order valence-electron chi connectivity index (χ3n) is 0. The first-order chi connectivity index (χ1) is 0. The molecule has 0 atom stereocenters. The van der Waals surface area contributed by atoms with E-state index < -0.39 is 0 Å². The molecule has 0 saturated carbocycles. The minimum absolute atomic E-state index is 0. The fraction of sp³-hybridized carbons (Fsp3) is 0. The van der Waals surface area contributed by atoms with Crippen molar-refractivity contribution in [3.8, 4) is 0 Å². The normalized spacial score (nSPS) is 0. The lowest BCUT2D eigenvalue weighted by Crippen LogP contribution is 0.845. The van der Waals surface area contributed by atoms with Crippen LogP contribution in [0.4, 0.5) is 0 Å². The molecule has 0 aliphatic rings. The maximum Gasteiger partial charge on any atom is -0.107 e. The Balaban J connectivity index is 0. The molecule has 0 aromatic carbocycles. The summed E-state index contributed by atoms with van der Waals surface area (Å²) in [6.07, 6.45) is 0. The molecule has 0 aliphatic heterocycles. The van der Waals surface area contributed by atoms with Gasteiger partial charge in [-0.2, -0.15) is 0 Å². The molecule has 0 heterocycles. The molecule has 0 rings (SSSR count). The van der Waals surface area contributed by atoms with Gasteiger partial charge in [0.2, 0.25) is 0 Å². The number of hydrogen-bond donors (Lipinski definition) is 0. The van der Waals surface area contributed by atoms with Crippen LogP contribution in [0.5, 0.6) is 0 Å². The summed E-state index contributed by atoms with van der Waals surface area (Å²) in [7, 11) is 0. The van der Waals surface area contributed by atoms with E-state index in [0.29, 0.717) is 0 Å². The first-order valence-corrected chi connectivity index (χ1v) is 0. The van der Waals surface area contributed by atoms with Gasteiger partial charge in [-0.25, -0.2) is 0 Å². The zero-order valence-electron chi connectivity index (χ0n) is 3.67. The molecule has 0 saturated heterocycles. The summed E-state index contributed by atoms with van der Waals surface area (Å²) >= 11 is 0. The van der Waals surface area contributed by atoms with Gasteiger partial charge in [0.25, 0.3) is 0 Å². The van der Waals surface area contributed by atoms with Crippen molar-refractivity contribution in [2.24, 2.45) is 0 Å². The molecule has 0 bridgehead atoms. The second-order valence-electron chi connectivity index (χ2n) is 0. The highest BCUT2D eigenvalue weighted by atomic mass is 127. The molecule has 0 N–H and O–H groups in total. The van der Waals surface area contributed by atoms with Gasteiger partial charge in [0.1, 0.15) is 0 Å². The van der Waals surface area contributed by atoms with Crippen molar-refractivity contribution in [3.05, 3.63) is 0 Å². The fourth-order valence-electron chi connectivity index (χ4n) is 0. The summed E-state index contributed by atoms with van der Waals surface area (Å²) in [5.41, 5.74) is 0. The predicted molar refractivity (Wildman–Crippen MR) is 113 cm³/mol. The van der Waals surface area contributed by atoms with Gasteiger partial charge < -0.3 is 0 Å². The van der Waals surface area contributed by atoms with E-state index in [9.17, 15) is 0 Å². The van der Waals surface area contributed by atoms with Gasteiger partial charge >= 0.3 is 0 Å². The Labute approximate surface area is 177 Å². The highest BCUT2D eigenvalue weighted by molar-refractivity contribution is 14.0. The van der Waals surface area contributed by atoms with Gasteiger partial charge in [-0.05, 0) is 0 Å². The lowest BCUT2D eigenvalue weighted by molar-refractivity contribution is 8.93. The average molecular weight is 916 g/mol. The first-order valence-electron chi connectivity index (χ1n) is 0. The maximum atomic E-state index is 0. The maximum absolute atomic E-state index is 0. The molecule has 0 amide bonds. The van der Waals surface area contributed by atoms with Crippen LogP contribution in [0.1, 0.15) is 0 Å². The third kappa shape index (κ3) is 60.3. The summed E-state index contributed by atoms with van der Waals surface area (Å²) < 4.78 is 0. The smallest absolute Gasteiger partial charge is 0.107 e. The molecule has 0 fully saturated rings. The summed E-state index contributed by atoms with van der Waals surface area (Å²) in [5, 5.41) is 0. The van der Waals surface area contributed by atoms with Gasteiger partial charge in [-0.3, -0.25) is 0 Å². The van der Waals surface area contributed by atoms with Crippen molar-refractivity contribution < 1.29 is 0 Å². The highest BCUT2D eigenvalue weighted by Gasteiger charge is -0.102. The molecule has 0 aliphatic carbocycles. The van der Waals surface area contributed by atoms with E-state index in [1.165, 1.54) is 0 Å². The van der Waals surface area contributed by atoms with Crippen molar-refractivity contribution in [1.82, 2.24) is 0 Å². The van der Waals surface area contributed by atoms with Crippen LogP contribution < -0.4 is 0 Å². The van der Waals surface area contributed by atoms with E-state index in [1.807, 2.05) is 0 Å². The van der Waals surface area contributed by atoms with Crippen LogP contribution in [0.15, 0.2) is 0 Å². The zero-order chi connectivity index (χ0) is 0. The summed E-state index contributed by atoms with van der Waals surface area (Å²) in [6.45, 7) is 0. The number of hydrogen-bond acceptors (Lipinski definition) is 0. The second kappa shape index (κ2) is 71.4. The largest absolute Gasteiger partial charge is 0.114 e. The number of rotatable bonds is 0. The Hall–Kier alpha value is 5.32. The lowest BCUT2D eigenvalue weighted by Gasteiger charge is -0.115. The van der Waals surface area contributed by atoms with E-state index >= 15 is 0 Å². The number of halogens is 9. The molecule has 9 heteroatoms. The van der Waals surface area contributed by atoms with Crippen molar-refractivity contribution in [1.29, 1.82) is 0 Å². The minimum atomic E-state index is 0. The SMILES string of the molecule is Br.Br.Br.Br.Br.I.I.I.I. The Morgan fingerprint density at radius 1 is 0.222 bits per heavy atom. The fourth-order valence-corrected chi connectivity index (χ4v) is 0. The van der Waals surface area contributed by atoms with Crippen molar-refractivity contribution in [2.75, 3.05) is 0 Å². The molecule has 0 aromatic rings. The van der Waals surface area contributed by atoms with Crippen LogP contribution in [-0.4, -0.2) is 0 Å². The average Bonchev–Trinajstić information content (AvgIpc) is 0. The Morgan fingerprint density at radius 3 is 0.222 bits per heavy atom. The summed E-state index contributed by atoms with van der Waals surface area (Å²) in [5.74, 6) is 0. The van der Waals surface area contributed by atoms with Crippen molar-refractivity contribution in [3.63, 3.8) is 0 Å². The van der Waals surface area contributed by atoms with Gasteiger partial charge in [0.15, 0.2) is 0 Å². The monoisotopic (exact) mass is 911 g/mol. The minimum Gasteiger partial charge on any atom is -0.114 e. The molecule has 9 heavy (non-hydrogen) atoms. The molecule has 0 spiro atoms. The predicted octanol–water partition coefficient (Wildman–Crippen LogP) is 5.36. The topological polar surface area (TPSA) is 0 Å².